The first-order chi connectivity index (χ1) is 2.77. The second-order valence-electron chi connectivity index (χ2n) is 0.788. The fourth-order valence-corrected chi connectivity index (χ4v) is 0.668. The summed E-state index contributed by atoms with van der Waals surface area (Å²) in [5, 5.41) is -0.426. The molecule has 0 N–H and O–H groups in total. The van der Waals surface area contributed by atoms with Crippen LogP contribution >= 0.6 is 11.6 Å². The van der Waals surface area contributed by atoms with Crippen molar-refractivity contribution in [2.24, 2.45) is 0 Å². The molecule has 0 aliphatic carbocycles. The molecule has 0 fully saturated rings. The van der Waals surface area contributed by atoms with E-state index in [9.17, 15) is 4.79 Å². The summed E-state index contributed by atoms with van der Waals surface area (Å²) in [7, 11) is 0.582. The fraction of sp³-hybridized carbons (Fsp3) is 0.500. The quantitative estimate of drug-likeness (QED) is 0.351. The molecule has 0 spiro atoms. The van der Waals surface area contributed by atoms with Crippen LogP contribution in [0, 0.1) is 0 Å². The second kappa shape index (κ2) is 3.33. The van der Waals surface area contributed by atoms with Crippen molar-refractivity contribution in [3.8, 4) is 0 Å². The average Bonchev–Trinajstić information content (AvgIpc) is 1.35. The Morgan fingerprint density at radius 2 is 2.50 bits per heavy atom. The number of hydrogen-bond donors (Lipinski definition) is 0. The van der Waals surface area contributed by atoms with Crippen molar-refractivity contribution in [1.29, 1.82) is 0 Å². The van der Waals surface area contributed by atoms with Gasteiger partial charge in [0.1, 0.15) is 17.1 Å². The summed E-state index contributed by atoms with van der Waals surface area (Å²) < 4.78 is 4.46. The minimum atomic E-state index is -0.426. The summed E-state index contributed by atoms with van der Waals surface area (Å²) in [4.78, 5) is 9.71. The molecule has 0 rings (SSSR count). The minimum absolute atomic E-state index is 0.0633. The van der Waals surface area contributed by atoms with Crippen molar-refractivity contribution in [2.75, 3.05) is 6.61 Å². The van der Waals surface area contributed by atoms with Crippen LogP contribution in [0.2, 0.25) is 0 Å². The van der Waals surface area contributed by atoms with E-state index in [1.807, 2.05) is 0 Å². The first-order valence-corrected chi connectivity index (χ1v) is 2.64. The van der Waals surface area contributed by atoms with Gasteiger partial charge in [0, 0.05) is 0 Å². The number of carbonyl (C=O) groups is 1. The Kier molecular flexibility index (Phi) is 3.41. The zero-order valence-corrected chi connectivity index (χ0v) is 6.16. The van der Waals surface area contributed by atoms with Gasteiger partial charge in [0.15, 0.2) is 0 Å². The zero-order valence-electron chi connectivity index (χ0n) is 3.40. The zero-order chi connectivity index (χ0) is 4.99. The third-order valence-electron chi connectivity index (χ3n) is 0.258. The Bertz CT molecular complexity index is 55.5. The Balaban J connectivity index is 2.83. The van der Waals surface area contributed by atoms with Crippen LogP contribution in [0.5, 0.6) is 0 Å². The SMILES string of the molecule is O=C(Cl)CO[SiH3]. The van der Waals surface area contributed by atoms with Gasteiger partial charge in [-0.2, -0.15) is 0 Å². The minimum Gasteiger partial charge on any atom is -0.419 e. The molecule has 2 nitrogen and oxygen atoms in total. The fourth-order valence-electron chi connectivity index (χ4n) is 0.113. The monoisotopic (exact) mass is 124 g/mol. The maximum atomic E-state index is 9.71. The van der Waals surface area contributed by atoms with Crippen molar-refractivity contribution in [1.82, 2.24) is 0 Å². The van der Waals surface area contributed by atoms with Crippen LogP contribution in [0.15, 0.2) is 0 Å². The summed E-state index contributed by atoms with van der Waals surface area (Å²) >= 11 is 4.84. The van der Waals surface area contributed by atoms with E-state index in [2.05, 4.69) is 4.43 Å². The summed E-state index contributed by atoms with van der Waals surface area (Å²) in [6.45, 7) is 0.0633. The molecule has 0 aliphatic heterocycles. The smallest absolute Gasteiger partial charge is 0.246 e. The lowest BCUT2D eigenvalue weighted by Crippen LogP contribution is -1.96. The highest BCUT2D eigenvalue weighted by atomic mass is 35.5. The third-order valence-corrected chi connectivity index (χ3v) is 0.656. The van der Waals surface area contributed by atoms with Crippen molar-refractivity contribution < 1.29 is 9.22 Å². The van der Waals surface area contributed by atoms with E-state index in [-0.39, 0.29) is 6.61 Å². The van der Waals surface area contributed by atoms with Crippen LogP contribution in [0.1, 0.15) is 0 Å². The molecule has 0 saturated heterocycles. The normalized spacial score (nSPS) is 8.83. The van der Waals surface area contributed by atoms with E-state index < -0.39 is 5.24 Å². The largest absolute Gasteiger partial charge is 0.419 e. The summed E-state index contributed by atoms with van der Waals surface area (Å²) in [5.41, 5.74) is 0. The Morgan fingerprint density at radius 1 is 2.00 bits per heavy atom. The number of halogens is 1. The third kappa shape index (κ3) is 4.14. The second-order valence-corrected chi connectivity index (χ2v) is 1.79. The van der Waals surface area contributed by atoms with E-state index in [0.29, 0.717) is 10.5 Å². The predicted octanol–water partition coefficient (Wildman–Crippen LogP) is -0.951. The van der Waals surface area contributed by atoms with E-state index in [0.717, 1.165) is 0 Å². The maximum absolute atomic E-state index is 9.71. The molecule has 0 heterocycles. The first kappa shape index (κ1) is 6.14. The van der Waals surface area contributed by atoms with E-state index >= 15 is 0 Å². The van der Waals surface area contributed by atoms with Crippen LogP contribution in [0.4, 0.5) is 0 Å². The lowest BCUT2D eigenvalue weighted by Gasteiger charge is -1.83. The van der Waals surface area contributed by atoms with Gasteiger partial charge in [0.25, 0.3) is 0 Å². The summed E-state index contributed by atoms with van der Waals surface area (Å²) in [6.07, 6.45) is 0. The van der Waals surface area contributed by atoms with Crippen LogP contribution in [-0.2, 0) is 9.22 Å². The molecule has 6 heavy (non-hydrogen) atoms. The topological polar surface area (TPSA) is 26.3 Å². The summed E-state index contributed by atoms with van der Waals surface area (Å²) in [6, 6.07) is 0. The van der Waals surface area contributed by atoms with Crippen molar-refractivity contribution in [3.63, 3.8) is 0 Å². The van der Waals surface area contributed by atoms with Gasteiger partial charge in [-0.3, -0.25) is 4.79 Å². The average molecular weight is 125 g/mol. The maximum Gasteiger partial charge on any atom is 0.246 e. The molecule has 0 aliphatic rings. The lowest BCUT2D eigenvalue weighted by molar-refractivity contribution is -0.113. The van der Waals surface area contributed by atoms with E-state index in [1.165, 1.54) is 0 Å². The molecule has 0 bridgehead atoms. The van der Waals surface area contributed by atoms with Gasteiger partial charge in [0.2, 0.25) is 5.24 Å². The van der Waals surface area contributed by atoms with Gasteiger partial charge in [-0.1, -0.05) is 0 Å². The molecular formula is C2H5ClO2Si. The predicted molar refractivity (Wildman–Crippen MR) is 26.8 cm³/mol. The van der Waals surface area contributed by atoms with Crippen LogP contribution in [0.3, 0.4) is 0 Å². The van der Waals surface area contributed by atoms with Crippen LogP contribution in [-0.4, -0.2) is 22.3 Å². The first-order valence-electron chi connectivity index (χ1n) is 1.44. The Hall–Kier alpha value is 0.137. The van der Waals surface area contributed by atoms with Gasteiger partial charge in [0.05, 0.1) is 0 Å². The Morgan fingerprint density at radius 3 is 2.50 bits per heavy atom. The molecule has 0 amide bonds. The molecule has 0 radical (unpaired) electrons. The van der Waals surface area contributed by atoms with Gasteiger partial charge in [-0.15, -0.1) is 0 Å². The Labute approximate surface area is 44.0 Å². The molecule has 0 atom stereocenters. The highest BCUT2D eigenvalue weighted by Gasteiger charge is 1.86. The number of hydrogen-bond acceptors (Lipinski definition) is 2. The van der Waals surface area contributed by atoms with E-state index in [4.69, 9.17) is 11.6 Å². The molecule has 4 heteroatoms. The molecule has 36 valence electrons. The number of carbonyl (C=O) groups excluding carboxylic acids is 1. The van der Waals surface area contributed by atoms with Crippen molar-refractivity contribution in [3.05, 3.63) is 0 Å². The summed E-state index contributed by atoms with van der Waals surface area (Å²) in [5.74, 6) is 0. The van der Waals surface area contributed by atoms with Gasteiger partial charge >= 0.3 is 0 Å². The lowest BCUT2D eigenvalue weighted by atomic mass is 10.8. The van der Waals surface area contributed by atoms with Crippen molar-refractivity contribution >= 4 is 27.3 Å². The van der Waals surface area contributed by atoms with Gasteiger partial charge in [-0.05, 0) is 11.6 Å². The highest BCUT2D eigenvalue weighted by Crippen LogP contribution is 1.75. The number of rotatable bonds is 2. The van der Waals surface area contributed by atoms with Gasteiger partial charge < -0.3 is 4.43 Å². The van der Waals surface area contributed by atoms with Crippen molar-refractivity contribution in [2.45, 2.75) is 0 Å². The van der Waals surface area contributed by atoms with Gasteiger partial charge in [-0.25, -0.2) is 0 Å². The molecular weight excluding hydrogens is 120 g/mol. The van der Waals surface area contributed by atoms with Crippen LogP contribution in [0.25, 0.3) is 0 Å². The highest BCUT2D eigenvalue weighted by molar-refractivity contribution is 6.64. The molecule has 0 saturated carbocycles. The molecule has 0 aromatic rings. The van der Waals surface area contributed by atoms with Crippen LogP contribution < -0.4 is 0 Å². The van der Waals surface area contributed by atoms with E-state index in [1.54, 1.807) is 0 Å². The molecule has 0 aromatic heterocycles. The molecule has 0 unspecified atom stereocenters. The molecule has 0 aromatic carbocycles. The standard InChI is InChI=1S/C2H5ClO2Si/c3-2(4)1-5-6/h1H2,6H3.